The van der Waals surface area contributed by atoms with Crippen LogP contribution in [-0.4, -0.2) is 59.5 Å². The van der Waals surface area contributed by atoms with E-state index < -0.39 is 5.97 Å². The number of halogens is 1. The summed E-state index contributed by atoms with van der Waals surface area (Å²) in [6.07, 6.45) is 4.20. The van der Waals surface area contributed by atoms with Gasteiger partial charge in [-0.3, -0.25) is 0 Å². The fourth-order valence-electron chi connectivity index (χ4n) is 3.24. The lowest BCUT2D eigenvalue weighted by Crippen LogP contribution is -2.10. The zero-order chi connectivity index (χ0) is 27.6. The van der Waals surface area contributed by atoms with Crippen LogP contribution in [0.4, 0.5) is 0 Å². The summed E-state index contributed by atoms with van der Waals surface area (Å²) in [6, 6.07) is 11.1. The molecule has 9 heteroatoms. The van der Waals surface area contributed by atoms with Crippen LogP contribution in [0, 0.1) is 0 Å². The van der Waals surface area contributed by atoms with Crippen molar-refractivity contribution in [2.45, 2.75) is 40.0 Å². The third-order valence-electron chi connectivity index (χ3n) is 5.17. The van der Waals surface area contributed by atoms with Crippen LogP contribution in [0.1, 0.15) is 44.7 Å². The summed E-state index contributed by atoms with van der Waals surface area (Å²) >= 11 is 6.37. The van der Waals surface area contributed by atoms with Crippen LogP contribution >= 0.6 is 11.6 Å². The molecule has 0 aliphatic heterocycles. The van der Waals surface area contributed by atoms with E-state index in [0.717, 1.165) is 24.0 Å². The number of carbonyl (C=O) groups excluding carboxylic acids is 1. The number of carbonyl (C=O) groups is 1. The molecule has 0 aliphatic carbocycles. The molecule has 0 saturated carbocycles. The highest BCUT2D eigenvalue weighted by molar-refractivity contribution is 6.32. The van der Waals surface area contributed by atoms with Gasteiger partial charge >= 0.3 is 5.97 Å². The standard InChI is InChI=1S/C29H39ClO8/c1-5-8-14-36-27-19-23(20-28(34-6-2)29(31)35-7-3)10-12-26(27)37-15-13-22-9-11-25(24(30)18-22)38-21-33-17-16-32-4/h9-12,18-20H,5-8,13-17,21H2,1-4H3/b28-20-. The van der Waals surface area contributed by atoms with Crippen molar-refractivity contribution in [2.24, 2.45) is 0 Å². The third kappa shape index (κ3) is 11.2. The Kier molecular flexibility index (Phi) is 15.1. The van der Waals surface area contributed by atoms with Gasteiger partial charge in [0.25, 0.3) is 0 Å². The Morgan fingerprint density at radius 2 is 1.61 bits per heavy atom. The van der Waals surface area contributed by atoms with E-state index >= 15 is 0 Å². The first-order valence-corrected chi connectivity index (χ1v) is 13.3. The molecule has 2 aromatic carbocycles. The molecular weight excluding hydrogens is 512 g/mol. The van der Waals surface area contributed by atoms with Gasteiger partial charge in [-0.2, -0.15) is 0 Å². The molecule has 0 radical (unpaired) electrons. The number of rotatable bonds is 19. The molecule has 0 aliphatic rings. The van der Waals surface area contributed by atoms with E-state index in [9.17, 15) is 4.79 Å². The molecule has 38 heavy (non-hydrogen) atoms. The van der Waals surface area contributed by atoms with E-state index in [1.165, 1.54) is 0 Å². The lowest BCUT2D eigenvalue weighted by atomic mass is 10.1. The van der Waals surface area contributed by atoms with Crippen molar-refractivity contribution in [1.82, 2.24) is 0 Å². The van der Waals surface area contributed by atoms with Crippen molar-refractivity contribution < 1.29 is 38.0 Å². The molecular formula is C29H39ClO8. The fraction of sp³-hybridized carbons (Fsp3) is 0.483. The smallest absolute Gasteiger partial charge is 0.373 e. The van der Waals surface area contributed by atoms with Gasteiger partial charge in [-0.15, -0.1) is 0 Å². The first kappa shape index (κ1) is 31.3. The molecule has 0 spiro atoms. The van der Waals surface area contributed by atoms with Gasteiger partial charge in [-0.05, 0) is 61.7 Å². The highest BCUT2D eigenvalue weighted by atomic mass is 35.5. The Morgan fingerprint density at radius 3 is 2.32 bits per heavy atom. The number of hydrogen-bond donors (Lipinski definition) is 0. The average Bonchev–Trinajstić information content (AvgIpc) is 2.90. The van der Waals surface area contributed by atoms with Crippen LogP contribution < -0.4 is 14.2 Å². The van der Waals surface area contributed by atoms with Gasteiger partial charge in [0.15, 0.2) is 18.3 Å². The SMILES string of the molecule is CCCCOc1cc(/C=C(\OCC)C(=O)OCC)ccc1OCCc1ccc(OCOCCOC)c(Cl)c1. The summed E-state index contributed by atoms with van der Waals surface area (Å²) in [5, 5.41) is 0.504. The highest BCUT2D eigenvalue weighted by Crippen LogP contribution is 2.31. The van der Waals surface area contributed by atoms with E-state index in [1.807, 2.05) is 43.3 Å². The Balaban J connectivity index is 2.05. The molecule has 0 N–H and O–H groups in total. The fourth-order valence-corrected chi connectivity index (χ4v) is 3.50. The Bertz CT molecular complexity index is 1010. The van der Waals surface area contributed by atoms with Crippen LogP contribution in [0.3, 0.4) is 0 Å². The molecule has 0 unspecified atom stereocenters. The first-order chi connectivity index (χ1) is 18.5. The molecule has 2 rings (SSSR count). The van der Waals surface area contributed by atoms with E-state index in [2.05, 4.69) is 6.92 Å². The van der Waals surface area contributed by atoms with Crippen molar-refractivity contribution in [1.29, 1.82) is 0 Å². The van der Waals surface area contributed by atoms with Crippen LogP contribution in [0.5, 0.6) is 17.2 Å². The molecule has 210 valence electrons. The van der Waals surface area contributed by atoms with Gasteiger partial charge in [0.1, 0.15) is 5.75 Å². The van der Waals surface area contributed by atoms with Crippen molar-refractivity contribution in [3.8, 4) is 17.2 Å². The minimum atomic E-state index is -0.503. The Labute approximate surface area is 230 Å². The van der Waals surface area contributed by atoms with Crippen LogP contribution in [0.15, 0.2) is 42.2 Å². The highest BCUT2D eigenvalue weighted by Gasteiger charge is 2.14. The Hall–Kier alpha value is -2.94. The minimum absolute atomic E-state index is 0.101. The second-order valence-electron chi connectivity index (χ2n) is 8.10. The van der Waals surface area contributed by atoms with Gasteiger partial charge in [-0.1, -0.05) is 37.1 Å². The van der Waals surface area contributed by atoms with Gasteiger partial charge in [0.05, 0.1) is 44.7 Å². The number of ether oxygens (including phenoxy) is 7. The molecule has 0 fully saturated rings. The van der Waals surface area contributed by atoms with Crippen LogP contribution in [0.25, 0.3) is 6.08 Å². The second kappa shape index (κ2) is 18.3. The first-order valence-electron chi connectivity index (χ1n) is 12.9. The summed E-state index contributed by atoms with van der Waals surface area (Å²) in [7, 11) is 1.61. The Morgan fingerprint density at radius 1 is 0.842 bits per heavy atom. The van der Waals surface area contributed by atoms with Gasteiger partial charge < -0.3 is 33.2 Å². The van der Waals surface area contributed by atoms with Gasteiger partial charge in [-0.25, -0.2) is 4.79 Å². The average molecular weight is 551 g/mol. The lowest BCUT2D eigenvalue weighted by Gasteiger charge is -2.14. The number of methoxy groups -OCH3 is 1. The maximum absolute atomic E-state index is 12.2. The number of esters is 1. The molecule has 8 nitrogen and oxygen atoms in total. The molecule has 2 aromatic rings. The number of unbranched alkanes of at least 4 members (excludes halogenated alkanes) is 1. The zero-order valence-corrected chi connectivity index (χ0v) is 23.5. The van der Waals surface area contributed by atoms with Crippen molar-refractivity contribution >= 4 is 23.6 Å². The van der Waals surface area contributed by atoms with E-state index in [-0.39, 0.29) is 19.2 Å². The summed E-state index contributed by atoms with van der Waals surface area (Å²) in [6.45, 7) is 8.32. The van der Waals surface area contributed by atoms with Gasteiger partial charge in [0, 0.05) is 13.5 Å². The number of hydrogen-bond acceptors (Lipinski definition) is 8. The predicted molar refractivity (Wildman–Crippen MR) is 147 cm³/mol. The summed E-state index contributed by atoms with van der Waals surface area (Å²) in [5.41, 5.74) is 1.75. The molecule has 0 saturated heterocycles. The van der Waals surface area contributed by atoms with E-state index in [0.29, 0.717) is 61.7 Å². The molecule has 0 heterocycles. The van der Waals surface area contributed by atoms with Crippen LogP contribution in [-0.2, 0) is 30.2 Å². The second-order valence-corrected chi connectivity index (χ2v) is 8.50. The van der Waals surface area contributed by atoms with Crippen molar-refractivity contribution in [2.75, 3.05) is 53.5 Å². The zero-order valence-electron chi connectivity index (χ0n) is 22.8. The van der Waals surface area contributed by atoms with Crippen molar-refractivity contribution in [3.05, 3.63) is 58.3 Å². The van der Waals surface area contributed by atoms with E-state index in [1.54, 1.807) is 20.1 Å². The third-order valence-corrected chi connectivity index (χ3v) is 5.47. The molecule has 0 amide bonds. The van der Waals surface area contributed by atoms with E-state index in [4.69, 9.17) is 44.8 Å². The molecule has 0 aromatic heterocycles. The quantitative estimate of drug-likeness (QED) is 0.0684. The van der Waals surface area contributed by atoms with Crippen LogP contribution in [0.2, 0.25) is 5.02 Å². The molecule has 0 atom stereocenters. The summed E-state index contributed by atoms with van der Waals surface area (Å²) in [5.74, 6) is 1.41. The maximum atomic E-state index is 12.2. The largest absolute Gasteiger partial charge is 0.490 e. The molecule has 0 bridgehead atoms. The predicted octanol–water partition coefficient (Wildman–Crippen LogP) is 6.08. The summed E-state index contributed by atoms with van der Waals surface area (Å²) < 4.78 is 38.4. The topological polar surface area (TPSA) is 81.7 Å². The monoisotopic (exact) mass is 550 g/mol. The maximum Gasteiger partial charge on any atom is 0.373 e. The lowest BCUT2D eigenvalue weighted by molar-refractivity contribution is -0.142. The summed E-state index contributed by atoms with van der Waals surface area (Å²) in [4.78, 5) is 12.2. The number of benzene rings is 2. The van der Waals surface area contributed by atoms with Crippen molar-refractivity contribution in [3.63, 3.8) is 0 Å². The normalized spacial score (nSPS) is 11.2. The minimum Gasteiger partial charge on any atom is -0.490 e. The van der Waals surface area contributed by atoms with Gasteiger partial charge in [0.2, 0.25) is 5.76 Å².